The summed E-state index contributed by atoms with van der Waals surface area (Å²) in [6.45, 7) is 1.85. The molecule has 0 saturated heterocycles. The molecule has 0 unspecified atom stereocenters. The maximum Gasteiger partial charge on any atom is 0.316 e. The minimum Gasteiger partial charge on any atom is -0.351 e. The Hall–Kier alpha value is -2.24. The molecule has 0 aliphatic rings. The number of carbonyl (C=O) groups is 2. The van der Waals surface area contributed by atoms with E-state index < -0.39 is 6.03 Å². The first-order valence-electron chi connectivity index (χ1n) is 6.79. The van der Waals surface area contributed by atoms with Gasteiger partial charge in [-0.3, -0.25) is 4.79 Å². The molecule has 3 amide bonds. The Kier molecular flexibility index (Phi) is 5.47. The SMILES string of the molecule is C[C@H](NC(=O)c1ccc(NC(N)=O)cc1)c1ccc(Cl)c(Cl)c1. The third kappa shape index (κ3) is 4.61. The minimum atomic E-state index is -0.657. The summed E-state index contributed by atoms with van der Waals surface area (Å²) >= 11 is 11.9. The van der Waals surface area contributed by atoms with Crippen LogP contribution in [0.1, 0.15) is 28.9 Å². The van der Waals surface area contributed by atoms with Crippen molar-refractivity contribution in [3.8, 4) is 0 Å². The van der Waals surface area contributed by atoms with E-state index in [4.69, 9.17) is 28.9 Å². The molecule has 0 heterocycles. The standard InChI is InChI=1S/C16H15Cl2N3O2/c1-9(11-4-7-13(17)14(18)8-11)20-15(22)10-2-5-12(6-3-10)21-16(19)23/h2-9H,1H3,(H,20,22)(H3,19,21,23)/t9-/m0/s1. The summed E-state index contributed by atoms with van der Waals surface area (Å²) in [6.07, 6.45) is 0. The van der Waals surface area contributed by atoms with Crippen LogP contribution in [0, 0.1) is 0 Å². The lowest BCUT2D eigenvalue weighted by molar-refractivity contribution is 0.0940. The number of halogens is 2. The molecule has 23 heavy (non-hydrogen) atoms. The van der Waals surface area contributed by atoms with Crippen molar-refractivity contribution >= 4 is 40.8 Å². The van der Waals surface area contributed by atoms with E-state index in [1.807, 2.05) is 6.92 Å². The molecule has 2 aromatic carbocycles. The molecule has 0 bridgehead atoms. The fourth-order valence-electron chi connectivity index (χ4n) is 1.99. The van der Waals surface area contributed by atoms with Gasteiger partial charge in [0.15, 0.2) is 0 Å². The van der Waals surface area contributed by atoms with Crippen molar-refractivity contribution in [1.82, 2.24) is 5.32 Å². The van der Waals surface area contributed by atoms with Crippen LogP contribution in [0.4, 0.5) is 10.5 Å². The van der Waals surface area contributed by atoms with Gasteiger partial charge in [0.1, 0.15) is 0 Å². The monoisotopic (exact) mass is 351 g/mol. The maximum atomic E-state index is 12.2. The highest BCUT2D eigenvalue weighted by Crippen LogP contribution is 2.25. The van der Waals surface area contributed by atoms with E-state index in [-0.39, 0.29) is 11.9 Å². The fourth-order valence-corrected chi connectivity index (χ4v) is 2.30. The highest BCUT2D eigenvalue weighted by atomic mass is 35.5. The second-order valence-corrected chi connectivity index (χ2v) is 5.75. The molecule has 4 N–H and O–H groups in total. The average molecular weight is 352 g/mol. The van der Waals surface area contributed by atoms with Crippen molar-refractivity contribution in [2.75, 3.05) is 5.32 Å². The average Bonchev–Trinajstić information content (AvgIpc) is 2.50. The summed E-state index contributed by atoms with van der Waals surface area (Å²) in [5, 5.41) is 6.20. The number of anilines is 1. The number of amides is 3. The van der Waals surface area contributed by atoms with Crippen LogP contribution in [-0.2, 0) is 0 Å². The van der Waals surface area contributed by atoms with Crippen molar-refractivity contribution in [3.63, 3.8) is 0 Å². The number of primary amides is 1. The normalized spacial score (nSPS) is 11.6. The zero-order chi connectivity index (χ0) is 17.0. The second-order valence-electron chi connectivity index (χ2n) is 4.94. The topological polar surface area (TPSA) is 84.2 Å². The van der Waals surface area contributed by atoms with Gasteiger partial charge in [0.05, 0.1) is 16.1 Å². The number of carbonyl (C=O) groups excluding carboxylic acids is 2. The van der Waals surface area contributed by atoms with E-state index in [2.05, 4.69) is 10.6 Å². The van der Waals surface area contributed by atoms with Crippen LogP contribution < -0.4 is 16.4 Å². The molecular weight excluding hydrogens is 337 g/mol. The summed E-state index contributed by atoms with van der Waals surface area (Å²) in [4.78, 5) is 23.0. The Morgan fingerprint density at radius 2 is 1.70 bits per heavy atom. The van der Waals surface area contributed by atoms with Crippen LogP contribution in [0.5, 0.6) is 0 Å². The Bertz CT molecular complexity index is 733. The van der Waals surface area contributed by atoms with Gasteiger partial charge < -0.3 is 16.4 Å². The van der Waals surface area contributed by atoms with Crippen molar-refractivity contribution in [3.05, 3.63) is 63.6 Å². The van der Waals surface area contributed by atoms with Crippen molar-refractivity contribution in [2.24, 2.45) is 5.73 Å². The number of benzene rings is 2. The Morgan fingerprint density at radius 1 is 1.04 bits per heavy atom. The molecule has 2 aromatic rings. The summed E-state index contributed by atoms with van der Waals surface area (Å²) in [7, 11) is 0. The third-order valence-electron chi connectivity index (χ3n) is 3.21. The van der Waals surface area contributed by atoms with E-state index in [0.29, 0.717) is 21.3 Å². The van der Waals surface area contributed by atoms with Gasteiger partial charge in [-0.05, 0) is 48.9 Å². The number of nitrogens with one attached hydrogen (secondary N) is 2. The first kappa shape index (κ1) is 17.1. The summed E-state index contributed by atoms with van der Waals surface area (Å²) < 4.78 is 0. The molecule has 0 saturated carbocycles. The molecule has 0 fully saturated rings. The van der Waals surface area contributed by atoms with Crippen molar-refractivity contribution in [1.29, 1.82) is 0 Å². The van der Waals surface area contributed by atoms with Gasteiger partial charge in [-0.25, -0.2) is 4.79 Å². The molecule has 0 aliphatic carbocycles. The predicted molar refractivity (Wildman–Crippen MR) is 92.0 cm³/mol. The predicted octanol–water partition coefficient (Wildman–Crippen LogP) is 3.98. The van der Waals surface area contributed by atoms with Crippen LogP contribution >= 0.6 is 23.2 Å². The lowest BCUT2D eigenvalue weighted by atomic mass is 10.1. The molecule has 2 rings (SSSR count). The summed E-state index contributed by atoms with van der Waals surface area (Å²) in [5.41, 5.74) is 6.86. The number of urea groups is 1. The van der Waals surface area contributed by atoms with Crippen LogP contribution in [0.15, 0.2) is 42.5 Å². The molecular formula is C16H15Cl2N3O2. The third-order valence-corrected chi connectivity index (χ3v) is 3.94. The number of hydrogen-bond donors (Lipinski definition) is 3. The van der Waals surface area contributed by atoms with Gasteiger partial charge in [-0.15, -0.1) is 0 Å². The van der Waals surface area contributed by atoms with Gasteiger partial charge in [-0.1, -0.05) is 29.3 Å². The Balaban J connectivity index is 2.05. The van der Waals surface area contributed by atoms with Crippen LogP contribution in [0.2, 0.25) is 10.0 Å². The molecule has 0 aliphatic heterocycles. The van der Waals surface area contributed by atoms with E-state index in [0.717, 1.165) is 5.56 Å². The lowest BCUT2D eigenvalue weighted by Gasteiger charge is -2.15. The molecule has 1 atom stereocenters. The maximum absolute atomic E-state index is 12.2. The Morgan fingerprint density at radius 3 is 2.26 bits per heavy atom. The van der Waals surface area contributed by atoms with Gasteiger partial charge in [0, 0.05) is 11.3 Å². The van der Waals surface area contributed by atoms with Gasteiger partial charge >= 0.3 is 6.03 Å². The van der Waals surface area contributed by atoms with Gasteiger partial charge in [0.25, 0.3) is 5.91 Å². The number of hydrogen-bond acceptors (Lipinski definition) is 2. The molecule has 0 spiro atoms. The second kappa shape index (κ2) is 7.35. The van der Waals surface area contributed by atoms with Gasteiger partial charge in [-0.2, -0.15) is 0 Å². The fraction of sp³-hybridized carbons (Fsp3) is 0.125. The first-order valence-corrected chi connectivity index (χ1v) is 7.54. The van der Waals surface area contributed by atoms with Crippen LogP contribution in [0.3, 0.4) is 0 Å². The smallest absolute Gasteiger partial charge is 0.316 e. The lowest BCUT2D eigenvalue weighted by Crippen LogP contribution is -2.26. The quantitative estimate of drug-likeness (QED) is 0.778. The van der Waals surface area contributed by atoms with E-state index in [9.17, 15) is 9.59 Å². The minimum absolute atomic E-state index is 0.235. The molecule has 0 aromatic heterocycles. The van der Waals surface area contributed by atoms with Gasteiger partial charge in [0.2, 0.25) is 0 Å². The van der Waals surface area contributed by atoms with Crippen molar-refractivity contribution in [2.45, 2.75) is 13.0 Å². The molecule has 7 heteroatoms. The largest absolute Gasteiger partial charge is 0.351 e. The summed E-state index contributed by atoms with van der Waals surface area (Å²) in [5.74, 6) is -0.241. The molecule has 0 radical (unpaired) electrons. The highest BCUT2D eigenvalue weighted by molar-refractivity contribution is 6.42. The summed E-state index contributed by atoms with van der Waals surface area (Å²) in [6, 6.07) is 10.7. The number of rotatable bonds is 4. The zero-order valence-corrected chi connectivity index (χ0v) is 13.8. The van der Waals surface area contributed by atoms with E-state index in [1.54, 1.807) is 42.5 Å². The zero-order valence-electron chi connectivity index (χ0n) is 12.3. The Labute approximate surface area is 143 Å². The van der Waals surface area contributed by atoms with E-state index >= 15 is 0 Å². The molecule has 5 nitrogen and oxygen atoms in total. The van der Waals surface area contributed by atoms with Crippen LogP contribution in [0.25, 0.3) is 0 Å². The first-order chi connectivity index (χ1) is 10.9. The van der Waals surface area contributed by atoms with Crippen molar-refractivity contribution < 1.29 is 9.59 Å². The number of nitrogens with two attached hydrogens (primary N) is 1. The molecule has 120 valence electrons. The van der Waals surface area contributed by atoms with E-state index in [1.165, 1.54) is 0 Å². The van der Waals surface area contributed by atoms with Crippen LogP contribution in [-0.4, -0.2) is 11.9 Å². The highest BCUT2D eigenvalue weighted by Gasteiger charge is 2.12.